The quantitative estimate of drug-likeness (QED) is 0.675. The maximum absolute atomic E-state index is 12.8. The SMILES string of the molecule is Cn1c(C(=O)N[C@H]2CN3CCC2CC3)ccc1-c1ccccc1[N+](=O)[O-]. The van der Waals surface area contributed by atoms with Gasteiger partial charge in [0.05, 0.1) is 16.2 Å². The molecule has 3 aliphatic rings. The highest BCUT2D eigenvalue weighted by atomic mass is 16.6. The number of fused-ring (bicyclic) bond motifs is 3. The van der Waals surface area contributed by atoms with Crippen molar-refractivity contribution in [3.63, 3.8) is 0 Å². The van der Waals surface area contributed by atoms with E-state index in [-0.39, 0.29) is 17.6 Å². The minimum absolute atomic E-state index is 0.0399. The fourth-order valence-corrected chi connectivity index (χ4v) is 4.23. The molecule has 1 amide bonds. The highest BCUT2D eigenvalue weighted by Gasteiger charge is 2.35. The van der Waals surface area contributed by atoms with E-state index in [9.17, 15) is 14.9 Å². The standard InChI is InChI=1S/C19H22N4O3/c1-21-16(14-4-2-3-5-17(14)23(25)26)6-7-18(21)19(24)20-15-12-22-10-8-13(15)9-11-22/h2-7,13,15H,8-12H2,1H3,(H,20,24)/t15-/m0/s1. The Kier molecular flexibility index (Phi) is 4.24. The second kappa shape index (κ2) is 6.57. The van der Waals surface area contributed by atoms with Gasteiger partial charge in [-0.2, -0.15) is 0 Å². The van der Waals surface area contributed by atoms with E-state index in [1.165, 1.54) is 6.07 Å². The first-order valence-electron chi connectivity index (χ1n) is 8.97. The Morgan fingerprint density at radius 3 is 2.58 bits per heavy atom. The molecular formula is C19H22N4O3. The molecule has 4 heterocycles. The molecule has 2 bridgehead atoms. The number of aromatic nitrogens is 1. The fourth-order valence-electron chi connectivity index (χ4n) is 4.23. The third-order valence-electron chi connectivity index (χ3n) is 5.70. The van der Waals surface area contributed by atoms with Crippen LogP contribution in [0.15, 0.2) is 36.4 Å². The average Bonchev–Trinajstić information content (AvgIpc) is 3.04. The molecule has 0 unspecified atom stereocenters. The lowest BCUT2D eigenvalue weighted by molar-refractivity contribution is -0.384. The lowest BCUT2D eigenvalue weighted by Gasteiger charge is -2.44. The van der Waals surface area contributed by atoms with Crippen LogP contribution in [0.2, 0.25) is 0 Å². The highest BCUT2D eigenvalue weighted by molar-refractivity contribution is 5.94. The summed E-state index contributed by atoms with van der Waals surface area (Å²) in [6, 6.07) is 10.3. The number of hydrogen-bond donors (Lipinski definition) is 1. The largest absolute Gasteiger partial charge is 0.346 e. The first-order valence-corrected chi connectivity index (χ1v) is 8.97. The molecule has 3 aliphatic heterocycles. The fraction of sp³-hybridized carbons (Fsp3) is 0.421. The Hall–Kier alpha value is -2.67. The van der Waals surface area contributed by atoms with Gasteiger partial charge in [-0.3, -0.25) is 14.9 Å². The summed E-state index contributed by atoms with van der Waals surface area (Å²) >= 11 is 0. The van der Waals surface area contributed by atoms with Crippen molar-refractivity contribution in [2.75, 3.05) is 19.6 Å². The number of rotatable bonds is 4. The Labute approximate surface area is 151 Å². The van der Waals surface area contributed by atoms with Crippen LogP contribution < -0.4 is 5.32 Å². The Bertz CT molecular complexity index is 852. The number of amides is 1. The molecule has 1 N–H and O–H groups in total. The molecule has 1 atom stereocenters. The normalized spacial score (nSPS) is 24.4. The number of nitrogens with one attached hydrogen (secondary N) is 1. The number of benzene rings is 1. The van der Waals surface area contributed by atoms with Crippen LogP contribution in [-0.4, -0.2) is 46.0 Å². The second-order valence-electron chi connectivity index (χ2n) is 7.16. The van der Waals surface area contributed by atoms with E-state index in [0.717, 1.165) is 32.5 Å². The van der Waals surface area contributed by atoms with Gasteiger partial charge < -0.3 is 14.8 Å². The predicted molar refractivity (Wildman–Crippen MR) is 97.9 cm³/mol. The van der Waals surface area contributed by atoms with Crippen LogP contribution in [0, 0.1) is 16.0 Å². The van der Waals surface area contributed by atoms with Gasteiger partial charge in [0.2, 0.25) is 0 Å². The molecule has 3 saturated heterocycles. The van der Waals surface area contributed by atoms with Crippen LogP contribution in [-0.2, 0) is 7.05 Å². The molecule has 0 saturated carbocycles. The summed E-state index contributed by atoms with van der Waals surface area (Å²) in [4.78, 5) is 26.1. The van der Waals surface area contributed by atoms with Crippen molar-refractivity contribution in [2.45, 2.75) is 18.9 Å². The predicted octanol–water partition coefficient (Wildman–Crippen LogP) is 2.42. The smallest absolute Gasteiger partial charge is 0.278 e. The minimum Gasteiger partial charge on any atom is -0.346 e. The Morgan fingerprint density at radius 2 is 1.92 bits per heavy atom. The van der Waals surface area contributed by atoms with Crippen molar-refractivity contribution < 1.29 is 9.72 Å². The van der Waals surface area contributed by atoms with E-state index >= 15 is 0 Å². The summed E-state index contributed by atoms with van der Waals surface area (Å²) < 4.78 is 1.74. The third kappa shape index (κ3) is 2.88. The molecule has 7 nitrogen and oxygen atoms in total. The topological polar surface area (TPSA) is 80.4 Å². The molecule has 3 fully saturated rings. The maximum atomic E-state index is 12.8. The van der Waals surface area contributed by atoms with Crippen LogP contribution in [0.1, 0.15) is 23.3 Å². The lowest BCUT2D eigenvalue weighted by atomic mass is 9.84. The number of piperidine rings is 3. The van der Waals surface area contributed by atoms with Crippen LogP contribution in [0.25, 0.3) is 11.3 Å². The zero-order valence-electron chi connectivity index (χ0n) is 14.7. The molecule has 7 heteroatoms. The average molecular weight is 354 g/mol. The Balaban J connectivity index is 1.58. The summed E-state index contributed by atoms with van der Waals surface area (Å²) in [5.74, 6) is 0.440. The molecule has 5 rings (SSSR count). The lowest BCUT2D eigenvalue weighted by Crippen LogP contribution is -2.57. The summed E-state index contributed by atoms with van der Waals surface area (Å²) in [6.07, 6.45) is 2.28. The number of para-hydroxylation sites is 1. The number of hydrogen-bond acceptors (Lipinski definition) is 4. The monoisotopic (exact) mass is 354 g/mol. The van der Waals surface area contributed by atoms with Crippen molar-refractivity contribution in [3.05, 3.63) is 52.2 Å². The molecule has 1 aromatic heterocycles. The van der Waals surface area contributed by atoms with Crippen LogP contribution in [0.4, 0.5) is 5.69 Å². The second-order valence-corrected chi connectivity index (χ2v) is 7.16. The maximum Gasteiger partial charge on any atom is 0.278 e. The van der Waals surface area contributed by atoms with E-state index in [2.05, 4.69) is 10.2 Å². The number of carbonyl (C=O) groups excluding carboxylic acids is 1. The molecule has 136 valence electrons. The molecule has 0 radical (unpaired) electrons. The van der Waals surface area contributed by atoms with E-state index in [1.807, 2.05) is 0 Å². The van der Waals surface area contributed by atoms with Crippen molar-refractivity contribution in [3.8, 4) is 11.3 Å². The van der Waals surface area contributed by atoms with Gasteiger partial charge in [-0.1, -0.05) is 12.1 Å². The first kappa shape index (κ1) is 16.8. The van der Waals surface area contributed by atoms with Crippen LogP contribution >= 0.6 is 0 Å². The summed E-state index contributed by atoms with van der Waals surface area (Å²) in [7, 11) is 1.78. The van der Waals surface area contributed by atoms with Gasteiger partial charge in [-0.15, -0.1) is 0 Å². The third-order valence-corrected chi connectivity index (χ3v) is 5.70. The molecule has 2 aromatic rings. The van der Waals surface area contributed by atoms with E-state index < -0.39 is 4.92 Å². The minimum atomic E-state index is -0.394. The van der Waals surface area contributed by atoms with Crippen molar-refractivity contribution in [2.24, 2.45) is 13.0 Å². The first-order chi connectivity index (χ1) is 12.5. The molecular weight excluding hydrogens is 332 g/mol. The molecule has 1 aromatic carbocycles. The van der Waals surface area contributed by atoms with E-state index in [1.54, 1.807) is 41.9 Å². The van der Waals surface area contributed by atoms with Gasteiger partial charge in [-0.05, 0) is 50.0 Å². The van der Waals surface area contributed by atoms with Gasteiger partial charge in [-0.25, -0.2) is 0 Å². The van der Waals surface area contributed by atoms with Gasteiger partial charge in [0.25, 0.3) is 11.6 Å². The van der Waals surface area contributed by atoms with Crippen LogP contribution in [0.3, 0.4) is 0 Å². The van der Waals surface area contributed by atoms with E-state index in [0.29, 0.717) is 22.9 Å². The van der Waals surface area contributed by atoms with Crippen molar-refractivity contribution in [1.82, 2.24) is 14.8 Å². The zero-order chi connectivity index (χ0) is 18.3. The molecule has 26 heavy (non-hydrogen) atoms. The number of nitro benzene ring substituents is 1. The number of nitrogens with zero attached hydrogens (tertiary/aromatic N) is 3. The Morgan fingerprint density at radius 1 is 1.19 bits per heavy atom. The zero-order valence-corrected chi connectivity index (χ0v) is 14.7. The number of nitro groups is 1. The number of carbonyl (C=O) groups is 1. The van der Waals surface area contributed by atoms with Gasteiger partial charge in [0, 0.05) is 25.7 Å². The van der Waals surface area contributed by atoms with Crippen molar-refractivity contribution in [1.29, 1.82) is 0 Å². The summed E-state index contributed by atoms with van der Waals surface area (Å²) in [5, 5.41) is 14.5. The summed E-state index contributed by atoms with van der Waals surface area (Å²) in [5.41, 5.74) is 1.74. The van der Waals surface area contributed by atoms with E-state index in [4.69, 9.17) is 0 Å². The van der Waals surface area contributed by atoms with Gasteiger partial charge in [0.1, 0.15) is 5.69 Å². The summed E-state index contributed by atoms with van der Waals surface area (Å²) in [6.45, 7) is 3.17. The van der Waals surface area contributed by atoms with Crippen molar-refractivity contribution >= 4 is 11.6 Å². The van der Waals surface area contributed by atoms with Gasteiger partial charge >= 0.3 is 0 Å². The molecule has 0 spiro atoms. The van der Waals surface area contributed by atoms with Crippen LogP contribution in [0.5, 0.6) is 0 Å². The highest BCUT2D eigenvalue weighted by Crippen LogP contribution is 2.31. The molecule has 0 aliphatic carbocycles. The van der Waals surface area contributed by atoms with Gasteiger partial charge in [0.15, 0.2) is 0 Å².